The van der Waals surface area contributed by atoms with Crippen LogP contribution in [0.25, 0.3) is 0 Å². The SMILES string of the molecule is C=C(I)/C=C\C(C=NC)=C(/C)I. The molecule has 0 saturated heterocycles. The fourth-order valence-corrected chi connectivity index (χ4v) is 1.06. The highest BCUT2D eigenvalue weighted by Crippen LogP contribution is 2.13. The second kappa shape index (κ2) is 6.82. The molecule has 0 amide bonds. The first-order chi connectivity index (χ1) is 5.57. The van der Waals surface area contributed by atoms with Crippen molar-refractivity contribution >= 4 is 51.4 Å². The van der Waals surface area contributed by atoms with E-state index in [1.807, 2.05) is 18.4 Å². The van der Waals surface area contributed by atoms with E-state index in [1.165, 1.54) is 3.58 Å². The van der Waals surface area contributed by atoms with Gasteiger partial charge in [-0.25, -0.2) is 0 Å². The summed E-state index contributed by atoms with van der Waals surface area (Å²) in [5.41, 5.74) is 1.14. The predicted molar refractivity (Wildman–Crippen MR) is 73.4 cm³/mol. The van der Waals surface area contributed by atoms with E-state index in [2.05, 4.69) is 63.7 Å². The van der Waals surface area contributed by atoms with Gasteiger partial charge in [0.2, 0.25) is 0 Å². The van der Waals surface area contributed by atoms with E-state index in [9.17, 15) is 0 Å². The van der Waals surface area contributed by atoms with E-state index in [1.54, 1.807) is 7.05 Å². The summed E-state index contributed by atoms with van der Waals surface area (Å²) in [5, 5.41) is 0. The summed E-state index contributed by atoms with van der Waals surface area (Å²) in [5.74, 6) is 0. The lowest BCUT2D eigenvalue weighted by Gasteiger charge is -1.94. The largest absolute Gasteiger partial charge is 0.296 e. The van der Waals surface area contributed by atoms with Gasteiger partial charge in [-0.2, -0.15) is 0 Å². The highest BCUT2D eigenvalue weighted by Gasteiger charge is 1.90. The third-order valence-electron chi connectivity index (χ3n) is 1.11. The molecule has 0 spiro atoms. The van der Waals surface area contributed by atoms with Gasteiger partial charge in [-0.3, -0.25) is 4.99 Å². The van der Waals surface area contributed by atoms with Gasteiger partial charge in [-0.1, -0.05) is 12.7 Å². The molecule has 0 aromatic rings. The molecule has 0 saturated carbocycles. The maximum atomic E-state index is 3.96. The Morgan fingerprint density at radius 2 is 1.92 bits per heavy atom. The summed E-state index contributed by atoms with van der Waals surface area (Å²) in [6.07, 6.45) is 5.83. The van der Waals surface area contributed by atoms with Gasteiger partial charge in [-0.15, -0.1) is 0 Å². The zero-order valence-electron chi connectivity index (χ0n) is 7.14. The van der Waals surface area contributed by atoms with Gasteiger partial charge in [0.05, 0.1) is 0 Å². The summed E-state index contributed by atoms with van der Waals surface area (Å²) in [6, 6.07) is 0. The number of nitrogens with zero attached hydrogens (tertiary/aromatic N) is 1. The van der Waals surface area contributed by atoms with Crippen molar-refractivity contribution in [2.75, 3.05) is 7.05 Å². The molecule has 0 fully saturated rings. The lowest BCUT2D eigenvalue weighted by atomic mass is 10.2. The molecule has 0 aromatic heterocycles. The Balaban J connectivity index is 4.58. The number of allylic oxidation sites excluding steroid dienone is 5. The minimum absolute atomic E-state index is 1.02. The minimum Gasteiger partial charge on any atom is -0.296 e. The number of hydrogen-bond acceptors (Lipinski definition) is 1. The quantitative estimate of drug-likeness (QED) is 0.396. The lowest BCUT2D eigenvalue weighted by molar-refractivity contribution is 1.46. The number of hydrogen-bond donors (Lipinski definition) is 0. The molecule has 1 nitrogen and oxygen atoms in total. The van der Waals surface area contributed by atoms with Gasteiger partial charge >= 0.3 is 0 Å². The monoisotopic (exact) mass is 387 g/mol. The topological polar surface area (TPSA) is 12.4 Å². The van der Waals surface area contributed by atoms with E-state index in [4.69, 9.17) is 0 Å². The molecule has 0 atom stereocenters. The smallest absolute Gasteiger partial charge is 0.0288 e. The predicted octanol–water partition coefficient (Wildman–Crippen LogP) is 3.90. The molecule has 0 radical (unpaired) electrons. The fraction of sp³-hybridized carbons (Fsp3) is 0.222. The zero-order chi connectivity index (χ0) is 9.56. The summed E-state index contributed by atoms with van der Waals surface area (Å²) in [4.78, 5) is 3.96. The summed E-state index contributed by atoms with van der Waals surface area (Å²) in [6.45, 7) is 5.83. The van der Waals surface area contributed by atoms with Crippen LogP contribution < -0.4 is 0 Å². The molecule has 0 bridgehead atoms. The van der Waals surface area contributed by atoms with Crippen molar-refractivity contribution in [1.82, 2.24) is 0 Å². The van der Waals surface area contributed by atoms with Crippen molar-refractivity contribution in [3.05, 3.63) is 31.5 Å². The molecule has 0 heterocycles. The Kier molecular flexibility index (Phi) is 7.02. The molecule has 0 aromatic carbocycles. The van der Waals surface area contributed by atoms with E-state index in [0.717, 1.165) is 9.15 Å². The summed E-state index contributed by atoms with van der Waals surface area (Å²) >= 11 is 4.46. The van der Waals surface area contributed by atoms with Crippen LogP contribution >= 0.6 is 45.2 Å². The number of rotatable bonds is 3. The fourth-order valence-electron chi connectivity index (χ4n) is 0.566. The van der Waals surface area contributed by atoms with Gasteiger partial charge in [0.25, 0.3) is 0 Å². The third kappa shape index (κ3) is 5.93. The van der Waals surface area contributed by atoms with Crippen LogP contribution in [0.3, 0.4) is 0 Å². The average Bonchev–Trinajstić information content (AvgIpc) is 1.96. The van der Waals surface area contributed by atoms with Crippen molar-refractivity contribution in [3.8, 4) is 0 Å². The summed E-state index contributed by atoms with van der Waals surface area (Å²) < 4.78 is 2.25. The van der Waals surface area contributed by atoms with Crippen molar-refractivity contribution in [2.45, 2.75) is 6.92 Å². The molecule has 0 aliphatic rings. The first-order valence-electron chi connectivity index (χ1n) is 3.39. The van der Waals surface area contributed by atoms with E-state index in [0.29, 0.717) is 0 Å². The first-order valence-corrected chi connectivity index (χ1v) is 5.54. The van der Waals surface area contributed by atoms with Crippen LogP contribution in [-0.2, 0) is 0 Å². The second-order valence-corrected chi connectivity index (χ2v) is 5.16. The van der Waals surface area contributed by atoms with Crippen molar-refractivity contribution < 1.29 is 0 Å². The molecular formula is C9H11I2N. The second-order valence-electron chi connectivity index (χ2n) is 2.16. The van der Waals surface area contributed by atoms with Crippen LogP contribution in [0, 0.1) is 0 Å². The Morgan fingerprint density at radius 3 is 2.25 bits per heavy atom. The van der Waals surface area contributed by atoms with Gasteiger partial charge in [0.1, 0.15) is 0 Å². The van der Waals surface area contributed by atoms with Crippen molar-refractivity contribution in [3.63, 3.8) is 0 Å². The Labute approximate surface area is 101 Å². The van der Waals surface area contributed by atoms with Gasteiger partial charge in [0.15, 0.2) is 0 Å². The van der Waals surface area contributed by atoms with E-state index < -0.39 is 0 Å². The maximum absolute atomic E-state index is 3.96. The standard InChI is InChI=1S/C9H11I2N/c1-7(10)4-5-9(6-12-3)8(2)11/h4-6H,1H2,2-3H3/b5-4-,9-8-,12-6?. The third-order valence-corrected chi connectivity index (χ3v) is 2.09. The average molecular weight is 387 g/mol. The normalized spacial score (nSPS) is 14.0. The first kappa shape index (κ1) is 12.3. The zero-order valence-corrected chi connectivity index (χ0v) is 11.5. The molecule has 0 aliphatic carbocycles. The Hall–Kier alpha value is 0.350. The minimum atomic E-state index is 1.02. The van der Waals surface area contributed by atoms with Gasteiger partial charge < -0.3 is 0 Å². The molecule has 0 rings (SSSR count). The molecule has 0 unspecified atom stereocenters. The van der Waals surface area contributed by atoms with E-state index >= 15 is 0 Å². The van der Waals surface area contributed by atoms with Crippen LogP contribution in [-0.4, -0.2) is 13.3 Å². The van der Waals surface area contributed by atoms with Crippen LogP contribution in [0.1, 0.15) is 6.92 Å². The molecule has 12 heavy (non-hydrogen) atoms. The molecule has 0 N–H and O–H groups in total. The van der Waals surface area contributed by atoms with Crippen LogP contribution in [0.4, 0.5) is 0 Å². The Bertz CT molecular complexity index is 245. The highest BCUT2D eigenvalue weighted by molar-refractivity contribution is 14.1. The maximum Gasteiger partial charge on any atom is 0.0288 e. The van der Waals surface area contributed by atoms with Crippen molar-refractivity contribution in [2.24, 2.45) is 4.99 Å². The highest BCUT2D eigenvalue weighted by atomic mass is 127. The molecule has 66 valence electrons. The number of halogens is 2. The summed E-state index contributed by atoms with van der Waals surface area (Å²) in [7, 11) is 1.77. The number of aliphatic imine (C=N–C) groups is 1. The van der Waals surface area contributed by atoms with E-state index in [-0.39, 0.29) is 0 Å². The van der Waals surface area contributed by atoms with Gasteiger partial charge in [-0.05, 0) is 61.8 Å². The molecular weight excluding hydrogens is 376 g/mol. The molecule has 0 aliphatic heterocycles. The van der Waals surface area contributed by atoms with Crippen LogP contribution in [0.5, 0.6) is 0 Å². The van der Waals surface area contributed by atoms with Crippen LogP contribution in [0.2, 0.25) is 0 Å². The Morgan fingerprint density at radius 1 is 1.33 bits per heavy atom. The van der Waals surface area contributed by atoms with Crippen LogP contribution in [0.15, 0.2) is 36.5 Å². The molecule has 3 heteroatoms. The lowest BCUT2D eigenvalue weighted by Crippen LogP contribution is -1.81. The van der Waals surface area contributed by atoms with Gasteiger partial charge in [0, 0.05) is 22.4 Å². The van der Waals surface area contributed by atoms with Crippen molar-refractivity contribution in [1.29, 1.82) is 0 Å².